The van der Waals surface area contributed by atoms with Crippen LogP contribution in [-0.4, -0.2) is 58.4 Å². The summed E-state index contributed by atoms with van der Waals surface area (Å²) in [4.78, 5) is 26.5. The van der Waals surface area contributed by atoms with E-state index in [1.165, 1.54) is 12.3 Å². The Morgan fingerprint density at radius 2 is 1.49 bits per heavy atom. The molecule has 0 aliphatic carbocycles. The fourth-order valence-electron chi connectivity index (χ4n) is 5.61. The molecule has 5 rings (SSSR count). The van der Waals surface area contributed by atoms with Crippen LogP contribution < -0.4 is 20.7 Å². The Kier molecular flexibility index (Phi) is 8.65. The number of hydrogen-bond donors (Lipinski definition) is 3. The van der Waals surface area contributed by atoms with Gasteiger partial charge in [-0.3, -0.25) is 14.3 Å². The van der Waals surface area contributed by atoms with Crippen molar-refractivity contribution in [3.8, 4) is 11.5 Å². The lowest BCUT2D eigenvalue weighted by atomic mass is 9.80. The minimum atomic E-state index is -1.94. The van der Waals surface area contributed by atoms with Gasteiger partial charge in [0.25, 0.3) is 5.56 Å². The van der Waals surface area contributed by atoms with Crippen LogP contribution in [0.2, 0.25) is 0 Å². The van der Waals surface area contributed by atoms with Crippen LogP contribution in [0.15, 0.2) is 113 Å². The van der Waals surface area contributed by atoms with Crippen molar-refractivity contribution in [2.24, 2.45) is 0 Å². The zero-order valence-corrected chi connectivity index (χ0v) is 23.9. The smallest absolute Gasteiger partial charge is 0.330 e. The number of H-pyrrole nitrogens is 1. The molecule has 2 heterocycles. The van der Waals surface area contributed by atoms with E-state index in [0.29, 0.717) is 11.5 Å². The van der Waals surface area contributed by atoms with Crippen molar-refractivity contribution in [1.82, 2.24) is 9.55 Å². The van der Waals surface area contributed by atoms with E-state index in [2.05, 4.69) is 11.6 Å². The van der Waals surface area contributed by atoms with E-state index >= 15 is 0 Å². The van der Waals surface area contributed by atoms with Gasteiger partial charge in [-0.05, 0) is 41.0 Å². The van der Waals surface area contributed by atoms with Gasteiger partial charge in [0.15, 0.2) is 6.23 Å². The molecule has 224 valence electrons. The second kappa shape index (κ2) is 12.4. The third kappa shape index (κ3) is 5.53. The number of rotatable bonds is 11. The monoisotopic (exact) mass is 586 g/mol. The number of aromatic nitrogens is 2. The number of ether oxygens (including phenoxy) is 4. The predicted molar refractivity (Wildman–Crippen MR) is 159 cm³/mol. The number of aliphatic hydroxyl groups is 2. The van der Waals surface area contributed by atoms with Gasteiger partial charge in [0.2, 0.25) is 0 Å². The SMILES string of the molecule is C=CC[C@@]1(O)[C@H](O)[C@@H](COC(c2ccccc2)(c2ccc(OC)cc2)c2ccc(OC)cc2)O[C@H]1n1ccc(=O)[nH]c1=O. The molecule has 1 aromatic heterocycles. The molecule has 4 atom stereocenters. The van der Waals surface area contributed by atoms with Gasteiger partial charge in [-0.1, -0.05) is 60.7 Å². The number of hydrogen-bond acceptors (Lipinski definition) is 8. The Bertz CT molecular complexity index is 1600. The highest BCUT2D eigenvalue weighted by Crippen LogP contribution is 2.45. The lowest BCUT2D eigenvalue weighted by Gasteiger charge is -2.37. The molecule has 0 saturated carbocycles. The van der Waals surface area contributed by atoms with Crippen LogP contribution in [0.3, 0.4) is 0 Å². The minimum absolute atomic E-state index is 0.0955. The van der Waals surface area contributed by atoms with Crippen molar-refractivity contribution < 1.29 is 29.2 Å². The first-order valence-corrected chi connectivity index (χ1v) is 13.7. The maximum absolute atomic E-state index is 12.7. The summed E-state index contributed by atoms with van der Waals surface area (Å²) in [5.74, 6) is 1.33. The first-order valence-electron chi connectivity index (χ1n) is 13.7. The fraction of sp³-hybridized carbons (Fsp3) is 0.273. The zero-order valence-electron chi connectivity index (χ0n) is 23.9. The molecule has 10 heteroatoms. The predicted octanol–water partition coefficient (Wildman–Crippen LogP) is 3.13. The minimum Gasteiger partial charge on any atom is -0.497 e. The summed E-state index contributed by atoms with van der Waals surface area (Å²) < 4.78 is 24.8. The van der Waals surface area contributed by atoms with Gasteiger partial charge in [-0.25, -0.2) is 4.79 Å². The van der Waals surface area contributed by atoms with Gasteiger partial charge in [0.1, 0.15) is 34.9 Å². The fourth-order valence-corrected chi connectivity index (χ4v) is 5.61. The Balaban J connectivity index is 1.60. The number of nitrogens with one attached hydrogen (secondary N) is 1. The van der Waals surface area contributed by atoms with E-state index in [-0.39, 0.29) is 13.0 Å². The average Bonchev–Trinajstić information content (AvgIpc) is 3.27. The molecular formula is C33H34N2O8. The third-order valence-corrected chi connectivity index (χ3v) is 7.81. The van der Waals surface area contributed by atoms with Crippen molar-refractivity contribution in [2.75, 3.05) is 20.8 Å². The number of benzene rings is 3. The van der Waals surface area contributed by atoms with Crippen molar-refractivity contribution >= 4 is 0 Å². The van der Waals surface area contributed by atoms with Gasteiger partial charge in [0, 0.05) is 18.7 Å². The van der Waals surface area contributed by atoms with Crippen molar-refractivity contribution in [3.05, 3.63) is 141 Å². The largest absolute Gasteiger partial charge is 0.497 e. The van der Waals surface area contributed by atoms with Crippen molar-refractivity contribution in [2.45, 2.75) is 36.1 Å². The molecule has 43 heavy (non-hydrogen) atoms. The Morgan fingerprint density at radius 1 is 0.930 bits per heavy atom. The lowest BCUT2D eigenvalue weighted by molar-refractivity contribution is -0.113. The van der Waals surface area contributed by atoms with Crippen LogP contribution in [0.25, 0.3) is 0 Å². The summed E-state index contributed by atoms with van der Waals surface area (Å²) in [5.41, 5.74) is -2.19. The summed E-state index contributed by atoms with van der Waals surface area (Å²) >= 11 is 0. The van der Waals surface area contributed by atoms with Crippen LogP contribution >= 0.6 is 0 Å². The summed E-state index contributed by atoms with van der Waals surface area (Å²) in [6.45, 7) is 3.51. The molecule has 1 aliphatic heterocycles. The second-order valence-electron chi connectivity index (χ2n) is 10.3. The average molecular weight is 587 g/mol. The zero-order chi connectivity index (χ0) is 30.6. The summed E-state index contributed by atoms with van der Waals surface area (Å²) in [6, 6.07) is 25.7. The summed E-state index contributed by atoms with van der Waals surface area (Å²) in [7, 11) is 3.18. The van der Waals surface area contributed by atoms with Crippen LogP contribution in [0.1, 0.15) is 29.3 Å². The molecule has 0 radical (unpaired) electrons. The van der Waals surface area contributed by atoms with E-state index in [1.54, 1.807) is 14.2 Å². The molecule has 3 aromatic carbocycles. The van der Waals surface area contributed by atoms with E-state index < -0.39 is 40.9 Å². The number of aliphatic hydroxyl groups excluding tert-OH is 1. The van der Waals surface area contributed by atoms with E-state index in [4.69, 9.17) is 18.9 Å². The Labute approximate surface area is 248 Å². The van der Waals surface area contributed by atoms with Crippen LogP contribution in [0.5, 0.6) is 11.5 Å². The molecule has 1 fully saturated rings. The Hall–Kier alpha value is -4.48. The maximum atomic E-state index is 12.7. The highest BCUT2D eigenvalue weighted by molar-refractivity contribution is 5.49. The van der Waals surface area contributed by atoms with Gasteiger partial charge < -0.3 is 29.2 Å². The third-order valence-electron chi connectivity index (χ3n) is 7.81. The lowest BCUT2D eigenvalue weighted by Crippen LogP contribution is -2.49. The molecule has 10 nitrogen and oxygen atoms in total. The molecule has 3 N–H and O–H groups in total. The molecule has 1 saturated heterocycles. The molecule has 0 amide bonds. The van der Waals surface area contributed by atoms with Crippen molar-refractivity contribution in [3.63, 3.8) is 0 Å². The summed E-state index contributed by atoms with van der Waals surface area (Å²) in [6.07, 6.45) is -1.32. The highest BCUT2D eigenvalue weighted by Gasteiger charge is 2.56. The molecular weight excluding hydrogens is 552 g/mol. The van der Waals surface area contributed by atoms with Gasteiger partial charge in [-0.15, -0.1) is 6.58 Å². The normalized spacial score (nSPS) is 21.8. The standard InChI is InChI=1S/C33H34N2O8/c1-4-19-32(39)29(37)27(43-30(32)35-20-18-28(36)34-31(35)38)21-42-33(22-8-6-5-7-9-22,23-10-14-25(40-2)15-11-23)24-12-16-26(41-3)17-13-24/h4-18,20,27,29-30,37,39H,1,19,21H2,2-3H3,(H,34,36,38)/t27-,29-,30-,32-/m1/s1. The topological polar surface area (TPSA) is 132 Å². The molecule has 0 bridgehead atoms. The molecule has 4 aromatic rings. The first kappa shape index (κ1) is 30.0. The number of methoxy groups -OCH3 is 2. The molecule has 1 aliphatic rings. The van der Waals surface area contributed by atoms with Crippen LogP contribution in [0, 0.1) is 0 Å². The quantitative estimate of drug-likeness (QED) is 0.181. The van der Waals surface area contributed by atoms with Gasteiger partial charge in [0.05, 0.1) is 20.8 Å². The first-order chi connectivity index (χ1) is 20.8. The van der Waals surface area contributed by atoms with Crippen LogP contribution in [0.4, 0.5) is 0 Å². The van der Waals surface area contributed by atoms with E-state index in [0.717, 1.165) is 27.3 Å². The Morgan fingerprint density at radius 3 is 2.00 bits per heavy atom. The second-order valence-corrected chi connectivity index (χ2v) is 10.3. The highest BCUT2D eigenvalue weighted by atomic mass is 16.6. The van der Waals surface area contributed by atoms with Crippen molar-refractivity contribution in [1.29, 1.82) is 0 Å². The number of aromatic amines is 1. The van der Waals surface area contributed by atoms with E-state index in [9.17, 15) is 19.8 Å². The van der Waals surface area contributed by atoms with Crippen LogP contribution in [-0.2, 0) is 15.1 Å². The molecule has 0 unspecified atom stereocenters. The van der Waals surface area contributed by atoms with E-state index in [1.807, 2.05) is 78.9 Å². The van der Waals surface area contributed by atoms with Gasteiger partial charge >= 0.3 is 5.69 Å². The van der Waals surface area contributed by atoms with Gasteiger partial charge in [-0.2, -0.15) is 0 Å². The molecule has 0 spiro atoms. The number of nitrogens with zero attached hydrogens (tertiary/aromatic N) is 1. The maximum Gasteiger partial charge on any atom is 0.330 e. The summed E-state index contributed by atoms with van der Waals surface area (Å²) in [5, 5.41) is 23.1.